The first-order chi connectivity index (χ1) is 16.4. The summed E-state index contributed by atoms with van der Waals surface area (Å²) in [5.41, 5.74) is -0.948. The Labute approximate surface area is 207 Å². The predicted octanol–water partition coefficient (Wildman–Crippen LogP) is 4.21. The Morgan fingerprint density at radius 2 is 1.21 bits per heavy atom. The van der Waals surface area contributed by atoms with E-state index in [1.165, 1.54) is 7.11 Å². The maximum atomic E-state index is 11.8. The fourth-order valence-corrected chi connectivity index (χ4v) is 3.74. The molecule has 0 atom stereocenters. The van der Waals surface area contributed by atoms with E-state index in [4.69, 9.17) is 17.3 Å². The Morgan fingerprint density at radius 3 is 1.53 bits per heavy atom. The fraction of sp³-hybridized carbons (Fsp3) is 0.880. The first-order valence-electron chi connectivity index (χ1n) is 13.1. The number of ether oxygens (including phenoxy) is 3. The van der Waals surface area contributed by atoms with Gasteiger partial charge in [0.1, 0.15) is 11.2 Å². The van der Waals surface area contributed by atoms with E-state index in [-0.39, 0.29) is 30.5 Å². The lowest BCUT2D eigenvalue weighted by Crippen LogP contribution is -2.42. The van der Waals surface area contributed by atoms with Crippen LogP contribution in [0.25, 0.3) is 0 Å². The van der Waals surface area contributed by atoms with E-state index >= 15 is 0 Å². The standard InChI is InChI=1S/C13H23NO4.C12H23NO3/c1-13(2,3)18-12(16)14-7-5-10(6-8-14)9-11(15)17-4;1-12(2,3)16-11(15)13-7-4-10(5-8-13)6-9-14/h10H,5-9H2,1-4H3;10,14H,4-9H2,1-3H3/i;9D2. The number of piperidine rings is 2. The van der Waals surface area contributed by atoms with E-state index in [0.717, 1.165) is 12.8 Å². The molecule has 0 saturated carbocycles. The van der Waals surface area contributed by atoms with Crippen molar-refractivity contribution in [2.24, 2.45) is 11.8 Å². The summed E-state index contributed by atoms with van der Waals surface area (Å²) < 4.78 is 29.5. The number of methoxy groups -OCH3 is 1. The number of aliphatic hydroxyl groups is 1. The highest BCUT2D eigenvalue weighted by Gasteiger charge is 2.28. The van der Waals surface area contributed by atoms with Gasteiger partial charge in [0.05, 0.1) is 9.85 Å². The van der Waals surface area contributed by atoms with Gasteiger partial charge in [0.15, 0.2) is 0 Å². The molecule has 198 valence electrons. The molecule has 34 heavy (non-hydrogen) atoms. The topological polar surface area (TPSA) is 106 Å². The molecular formula is C25H46N2O7. The third kappa shape index (κ3) is 12.4. The second-order valence-corrected chi connectivity index (χ2v) is 11.0. The number of carbonyl (C=O) groups is 3. The largest absolute Gasteiger partial charge is 0.469 e. The van der Waals surface area contributed by atoms with Crippen molar-refractivity contribution in [1.29, 1.82) is 0 Å². The molecule has 2 amide bonds. The van der Waals surface area contributed by atoms with Gasteiger partial charge in [0, 0.05) is 39.2 Å². The predicted molar refractivity (Wildman–Crippen MR) is 129 cm³/mol. The molecule has 0 aromatic rings. The van der Waals surface area contributed by atoms with E-state index < -0.39 is 17.8 Å². The van der Waals surface area contributed by atoms with Crippen LogP contribution in [0.1, 0.15) is 82.8 Å². The van der Waals surface area contributed by atoms with Crippen LogP contribution in [0, 0.1) is 11.8 Å². The number of nitrogens with zero attached hydrogens (tertiary/aromatic N) is 2. The van der Waals surface area contributed by atoms with Crippen LogP contribution in [0.5, 0.6) is 0 Å². The first-order valence-corrected chi connectivity index (χ1v) is 12.1. The zero-order valence-electron chi connectivity index (χ0n) is 24.0. The first kappa shape index (κ1) is 26.6. The lowest BCUT2D eigenvalue weighted by atomic mass is 9.94. The van der Waals surface area contributed by atoms with E-state index in [0.29, 0.717) is 51.4 Å². The van der Waals surface area contributed by atoms with E-state index in [1.54, 1.807) is 9.80 Å². The molecule has 0 aromatic heterocycles. The summed E-state index contributed by atoms with van der Waals surface area (Å²) in [6, 6.07) is 0. The lowest BCUT2D eigenvalue weighted by Gasteiger charge is -2.33. The van der Waals surface area contributed by atoms with Gasteiger partial charge in [-0.05, 0) is 85.5 Å². The average molecular weight is 489 g/mol. The summed E-state index contributed by atoms with van der Waals surface area (Å²) in [7, 11) is 1.40. The smallest absolute Gasteiger partial charge is 0.410 e. The molecule has 9 nitrogen and oxygen atoms in total. The summed E-state index contributed by atoms with van der Waals surface area (Å²) in [5, 5.41) is 9.13. The van der Waals surface area contributed by atoms with Gasteiger partial charge in [-0.15, -0.1) is 0 Å². The van der Waals surface area contributed by atoms with Crippen LogP contribution in [-0.2, 0) is 19.0 Å². The molecule has 0 unspecified atom stereocenters. The highest BCUT2D eigenvalue weighted by molar-refractivity contribution is 5.70. The Hall–Kier alpha value is -2.03. The number of esters is 1. The van der Waals surface area contributed by atoms with E-state index in [1.807, 2.05) is 41.5 Å². The number of hydrogen-bond acceptors (Lipinski definition) is 7. The average Bonchev–Trinajstić information content (AvgIpc) is 2.71. The minimum Gasteiger partial charge on any atom is -0.469 e. The quantitative estimate of drug-likeness (QED) is 0.467. The van der Waals surface area contributed by atoms with Gasteiger partial charge >= 0.3 is 18.2 Å². The van der Waals surface area contributed by atoms with Crippen LogP contribution >= 0.6 is 0 Å². The zero-order chi connectivity index (χ0) is 27.7. The van der Waals surface area contributed by atoms with Crippen molar-refractivity contribution in [3.05, 3.63) is 0 Å². The van der Waals surface area contributed by atoms with Crippen LogP contribution in [0.3, 0.4) is 0 Å². The normalized spacial score (nSPS) is 19.3. The minimum absolute atomic E-state index is 0.128. The molecule has 1 N–H and O–H groups in total. The third-order valence-corrected chi connectivity index (χ3v) is 5.60. The van der Waals surface area contributed by atoms with Gasteiger partial charge in [-0.1, -0.05) is 0 Å². The van der Waals surface area contributed by atoms with Gasteiger partial charge in [-0.25, -0.2) is 9.59 Å². The van der Waals surface area contributed by atoms with Crippen LogP contribution in [0.15, 0.2) is 0 Å². The Balaban J connectivity index is 0.000000360. The molecule has 2 aliphatic rings. The van der Waals surface area contributed by atoms with Gasteiger partial charge in [-0.3, -0.25) is 4.79 Å². The fourth-order valence-electron chi connectivity index (χ4n) is 3.74. The summed E-state index contributed by atoms with van der Waals surface area (Å²) in [5.74, 6) is 0.269. The maximum absolute atomic E-state index is 11.8. The van der Waals surface area contributed by atoms with Crippen molar-refractivity contribution in [1.82, 2.24) is 9.80 Å². The van der Waals surface area contributed by atoms with Crippen LogP contribution in [0.4, 0.5) is 9.59 Å². The lowest BCUT2D eigenvalue weighted by molar-refractivity contribution is -0.142. The van der Waals surface area contributed by atoms with E-state index in [9.17, 15) is 14.4 Å². The molecular weight excluding hydrogens is 440 g/mol. The highest BCUT2D eigenvalue weighted by atomic mass is 16.6. The zero-order valence-corrected chi connectivity index (χ0v) is 22.0. The van der Waals surface area contributed by atoms with Gasteiger partial charge < -0.3 is 29.1 Å². The SMILES string of the molecule is COC(=O)CC1CCN(C(=O)OC(C)(C)C)CC1.[2H]C([2H])(O)CC1CCN(C(=O)OC(C)(C)C)CC1. The summed E-state index contributed by atoms with van der Waals surface area (Å²) >= 11 is 0. The van der Waals surface area contributed by atoms with Gasteiger partial charge in [-0.2, -0.15) is 0 Å². The molecule has 0 spiro atoms. The van der Waals surface area contributed by atoms with E-state index in [2.05, 4.69) is 4.74 Å². The maximum Gasteiger partial charge on any atom is 0.410 e. The summed E-state index contributed by atoms with van der Waals surface area (Å²) in [6.45, 7) is 11.4. The molecule has 0 aliphatic carbocycles. The second-order valence-electron chi connectivity index (χ2n) is 11.0. The van der Waals surface area contributed by atoms with Crippen LogP contribution in [-0.4, -0.2) is 84.1 Å². The van der Waals surface area contributed by atoms with Crippen molar-refractivity contribution in [3.8, 4) is 0 Å². The monoisotopic (exact) mass is 488 g/mol. The van der Waals surface area contributed by atoms with Crippen molar-refractivity contribution in [2.45, 2.75) is 91.3 Å². The van der Waals surface area contributed by atoms with Crippen molar-refractivity contribution in [3.63, 3.8) is 0 Å². The number of amides is 2. The molecule has 2 saturated heterocycles. The Bertz CT molecular complexity index is 713. The molecule has 2 heterocycles. The number of rotatable bonds is 4. The number of carbonyl (C=O) groups excluding carboxylic acids is 3. The third-order valence-electron chi connectivity index (χ3n) is 5.60. The molecule has 9 heteroatoms. The Kier molecular flexibility index (Phi) is 10.8. The summed E-state index contributed by atoms with van der Waals surface area (Å²) in [6.07, 6.45) is 3.07. The molecule has 0 bridgehead atoms. The van der Waals surface area contributed by atoms with Crippen molar-refractivity contribution < 1.29 is 36.4 Å². The molecule has 2 rings (SSSR count). The Morgan fingerprint density at radius 1 is 0.824 bits per heavy atom. The van der Waals surface area contributed by atoms with Crippen molar-refractivity contribution >= 4 is 18.2 Å². The molecule has 2 aliphatic heterocycles. The van der Waals surface area contributed by atoms with Crippen LogP contribution < -0.4 is 0 Å². The molecule has 0 radical (unpaired) electrons. The highest BCUT2D eigenvalue weighted by Crippen LogP contribution is 2.23. The summed E-state index contributed by atoms with van der Waals surface area (Å²) in [4.78, 5) is 38.1. The van der Waals surface area contributed by atoms with Gasteiger partial charge in [0.25, 0.3) is 0 Å². The minimum atomic E-state index is -2.11. The molecule has 2 fully saturated rings. The second kappa shape index (κ2) is 13.8. The number of hydrogen-bond donors (Lipinski definition) is 1. The number of likely N-dealkylation sites (tertiary alicyclic amines) is 2. The van der Waals surface area contributed by atoms with Gasteiger partial charge in [0.2, 0.25) is 0 Å². The molecule has 0 aromatic carbocycles. The van der Waals surface area contributed by atoms with Crippen molar-refractivity contribution in [2.75, 3.05) is 39.8 Å². The van der Waals surface area contributed by atoms with Crippen LogP contribution in [0.2, 0.25) is 0 Å².